The van der Waals surface area contributed by atoms with Gasteiger partial charge in [0, 0.05) is 36.4 Å². The maximum absolute atomic E-state index is 12.2. The van der Waals surface area contributed by atoms with Gasteiger partial charge in [-0.05, 0) is 18.8 Å². The van der Waals surface area contributed by atoms with E-state index in [1.807, 2.05) is 11.8 Å². The van der Waals surface area contributed by atoms with E-state index in [9.17, 15) is 4.79 Å². The van der Waals surface area contributed by atoms with Crippen molar-refractivity contribution in [2.24, 2.45) is 11.8 Å². The molecule has 3 rings (SSSR count). The zero-order valence-electron chi connectivity index (χ0n) is 9.56. The van der Waals surface area contributed by atoms with Crippen LogP contribution in [0.25, 0.3) is 0 Å². The van der Waals surface area contributed by atoms with Crippen LogP contribution in [-0.2, 0) is 9.53 Å². The lowest BCUT2D eigenvalue weighted by molar-refractivity contribution is -0.138. The van der Waals surface area contributed by atoms with E-state index in [1.54, 1.807) is 0 Å². The first-order valence-corrected chi connectivity index (χ1v) is 7.45. The van der Waals surface area contributed by atoms with Crippen LogP contribution in [0, 0.1) is 11.8 Å². The number of thioether (sulfide) groups is 1. The fraction of sp³-hybridized carbons (Fsp3) is 0.917. The molecule has 0 N–H and O–H groups in total. The van der Waals surface area contributed by atoms with Gasteiger partial charge in [0.25, 0.3) is 0 Å². The van der Waals surface area contributed by atoms with Crippen LogP contribution in [0.4, 0.5) is 0 Å². The molecule has 3 aliphatic rings. The molecular formula is C12H19NO2S. The summed E-state index contributed by atoms with van der Waals surface area (Å²) in [5.74, 6) is 3.98. The number of carbonyl (C=O) groups is 1. The number of nitrogens with zero attached hydrogens (tertiary/aromatic N) is 1. The predicted octanol–water partition coefficient (Wildman–Crippen LogP) is 1.38. The van der Waals surface area contributed by atoms with Gasteiger partial charge < -0.3 is 9.64 Å². The van der Waals surface area contributed by atoms with Crippen LogP contribution in [0.15, 0.2) is 0 Å². The van der Waals surface area contributed by atoms with Crippen LogP contribution >= 0.6 is 11.8 Å². The van der Waals surface area contributed by atoms with Gasteiger partial charge in [0.15, 0.2) is 0 Å². The van der Waals surface area contributed by atoms with Crippen LogP contribution in [-0.4, -0.2) is 48.1 Å². The third kappa shape index (κ3) is 2.23. The minimum Gasteiger partial charge on any atom is -0.381 e. The monoisotopic (exact) mass is 241 g/mol. The quantitative estimate of drug-likeness (QED) is 0.747. The Morgan fingerprint density at radius 1 is 1.38 bits per heavy atom. The summed E-state index contributed by atoms with van der Waals surface area (Å²) in [5.41, 5.74) is 0. The molecule has 2 heterocycles. The van der Waals surface area contributed by atoms with E-state index in [2.05, 4.69) is 4.90 Å². The van der Waals surface area contributed by atoms with Crippen molar-refractivity contribution in [3.8, 4) is 0 Å². The van der Waals surface area contributed by atoms with E-state index >= 15 is 0 Å². The number of carbonyl (C=O) groups excluding carboxylic acids is 1. The van der Waals surface area contributed by atoms with Crippen molar-refractivity contribution in [2.75, 3.05) is 31.3 Å². The van der Waals surface area contributed by atoms with E-state index in [0.29, 0.717) is 24.3 Å². The standard InChI is InChI=1S/C12H19NO2S/c14-12(5-9-6-15-7-9)13-3-4-16-8-11(13)10-1-2-10/h9-11H,1-8H2. The highest BCUT2D eigenvalue weighted by Crippen LogP contribution is 2.39. The van der Waals surface area contributed by atoms with Gasteiger partial charge in [-0.25, -0.2) is 0 Å². The summed E-state index contributed by atoms with van der Waals surface area (Å²) in [6.07, 6.45) is 3.39. The topological polar surface area (TPSA) is 29.5 Å². The van der Waals surface area contributed by atoms with E-state index in [4.69, 9.17) is 4.74 Å². The Bertz CT molecular complexity index is 276. The summed E-state index contributed by atoms with van der Waals surface area (Å²) >= 11 is 2.01. The van der Waals surface area contributed by atoms with Crippen molar-refractivity contribution in [2.45, 2.75) is 25.3 Å². The molecule has 1 atom stereocenters. The summed E-state index contributed by atoms with van der Waals surface area (Å²) in [6, 6.07) is 0.548. The van der Waals surface area contributed by atoms with E-state index in [0.717, 1.165) is 37.2 Å². The Morgan fingerprint density at radius 3 is 2.81 bits per heavy atom. The molecule has 1 saturated carbocycles. The molecule has 1 amide bonds. The van der Waals surface area contributed by atoms with Crippen molar-refractivity contribution >= 4 is 17.7 Å². The fourth-order valence-corrected chi connectivity index (χ4v) is 3.76. The van der Waals surface area contributed by atoms with Crippen molar-refractivity contribution in [1.29, 1.82) is 0 Å². The van der Waals surface area contributed by atoms with E-state index < -0.39 is 0 Å². The minimum absolute atomic E-state index is 0.380. The summed E-state index contributed by atoms with van der Waals surface area (Å²) < 4.78 is 5.13. The van der Waals surface area contributed by atoms with Gasteiger partial charge in [0.1, 0.15) is 0 Å². The second-order valence-corrected chi connectivity index (χ2v) is 6.32. The van der Waals surface area contributed by atoms with Crippen molar-refractivity contribution in [1.82, 2.24) is 4.90 Å². The van der Waals surface area contributed by atoms with E-state index in [-0.39, 0.29) is 0 Å². The third-order valence-electron chi connectivity index (χ3n) is 3.82. The van der Waals surface area contributed by atoms with Crippen molar-refractivity contribution < 1.29 is 9.53 Å². The second-order valence-electron chi connectivity index (χ2n) is 5.17. The molecule has 3 fully saturated rings. The highest BCUT2D eigenvalue weighted by Gasteiger charge is 2.39. The largest absolute Gasteiger partial charge is 0.381 e. The molecule has 0 aromatic heterocycles. The summed E-state index contributed by atoms with van der Waals surface area (Å²) in [5, 5.41) is 0. The first kappa shape index (κ1) is 10.9. The van der Waals surface area contributed by atoms with Crippen LogP contribution < -0.4 is 0 Å². The number of amides is 1. The molecule has 90 valence electrons. The zero-order chi connectivity index (χ0) is 11.0. The Kier molecular flexibility index (Phi) is 3.11. The molecule has 3 nitrogen and oxygen atoms in total. The average molecular weight is 241 g/mol. The zero-order valence-corrected chi connectivity index (χ0v) is 10.4. The lowest BCUT2D eigenvalue weighted by Gasteiger charge is -2.37. The summed E-state index contributed by atoms with van der Waals surface area (Å²) in [7, 11) is 0. The van der Waals surface area contributed by atoms with Crippen molar-refractivity contribution in [3.63, 3.8) is 0 Å². The molecule has 0 radical (unpaired) electrons. The molecule has 1 aliphatic carbocycles. The number of hydrogen-bond acceptors (Lipinski definition) is 3. The first-order valence-electron chi connectivity index (χ1n) is 6.29. The molecule has 2 saturated heterocycles. The molecule has 16 heavy (non-hydrogen) atoms. The lowest BCUT2D eigenvalue weighted by atomic mass is 10.0. The number of hydrogen-bond donors (Lipinski definition) is 0. The lowest BCUT2D eigenvalue weighted by Crippen LogP contribution is -2.48. The molecule has 4 heteroatoms. The summed E-state index contributed by atoms with van der Waals surface area (Å²) in [6.45, 7) is 2.56. The number of rotatable bonds is 3. The Labute approximate surface area is 101 Å². The second kappa shape index (κ2) is 4.57. The van der Waals surface area contributed by atoms with Crippen LogP contribution in [0.1, 0.15) is 19.3 Å². The number of ether oxygens (including phenoxy) is 1. The molecule has 0 bridgehead atoms. The van der Waals surface area contributed by atoms with Gasteiger partial charge in [-0.1, -0.05) is 0 Å². The van der Waals surface area contributed by atoms with Crippen LogP contribution in [0.3, 0.4) is 0 Å². The smallest absolute Gasteiger partial charge is 0.223 e. The molecule has 0 spiro atoms. The van der Waals surface area contributed by atoms with Crippen LogP contribution in [0.2, 0.25) is 0 Å². The minimum atomic E-state index is 0.380. The Hall–Kier alpha value is -0.220. The molecule has 2 aliphatic heterocycles. The van der Waals surface area contributed by atoms with Crippen LogP contribution in [0.5, 0.6) is 0 Å². The SMILES string of the molecule is O=C(CC1COC1)N1CCSCC1C1CC1. The predicted molar refractivity (Wildman–Crippen MR) is 64.5 cm³/mol. The normalized spacial score (nSPS) is 31.2. The first-order chi connectivity index (χ1) is 7.84. The van der Waals surface area contributed by atoms with E-state index in [1.165, 1.54) is 12.8 Å². The van der Waals surface area contributed by atoms with Crippen molar-refractivity contribution in [3.05, 3.63) is 0 Å². The maximum Gasteiger partial charge on any atom is 0.223 e. The molecule has 0 aromatic carbocycles. The summed E-state index contributed by atoms with van der Waals surface area (Å²) in [4.78, 5) is 14.4. The van der Waals surface area contributed by atoms with Gasteiger partial charge in [-0.2, -0.15) is 11.8 Å². The fourth-order valence-electron chi connectivity index (χ4n) is 2.57. The van der Waals surface area contributed by atoms with Gasteiger partial charge in [0.2, 0.25) is 5.91 Å². The molecule has 1 unspecified atom stereocenters. The van der Waals surface area contributed by atoms with Gasteiger partial charge in [-0.15, -0.1) is 0 Å². The Balaban J connectivity index is 1.58. The highest BCUT2D eigenvalue weighted by molar-refractivity contribution is 7.99. The highest BCUT2D eigenvalue weighted by atomic mass is 32.2. The molecule has 0 aromatic rings. The maximum atomic E-state index is 12.2. The van der Waals surface area contributed by atoms with Gasteiger partial charge in [-0.3, -0.25) is 4.79 Å². The third-order valence-corrected chi connectivity index (χ3v) is 4.87. The van der Waals surface area contributed by atoms with Gasteiger partial charge >= 0.3 is 0 Å². The molecular weight excluding hydrogens is 222 g/mol. The Morgan fingerprint density at radius 2 is 2.19 bits per heavy atom. The average Bonchev–Trinajstić information content (AvgIpc) is 3.07. The van der Waals surface area contributed by atoms with Gasteiger partial charge in [0.05, 0.1) is 13.2 Å².